The molecule has 0 aliphatic carbocycles. The van der Waals surface area contributed by atoms with Crippen LogP contribution in [0.1, 0.15) is 29.9 Å². The smallest absolute Gasteiger partial charge is 0.406 e. The minimum atomic E-state index is -4.83. The van der Waals surface area contributed by atoms with Crippen LogP contribution in [0.3, 0.4) is 0 Å². The van der Waals surface area contributed by atoms with Gasteiger partial charge in [0.25, 0.3) is 5.91 Å². The Morgan fingerprint density at radius 1 is 1.00 bits per heavy atom. The van der Waals surface area contributed by atoms with E-state index < -0.39 is 18.0 Å². The zero-order valence-electron chi connectivity index (χ0n) is 18.4. The summed E-state index contributed by atoms with van der Waals surface area (Å²) in [6.07, 6.45) is -4.83. The quantitative estimate of drug-likeness (QED) is 0.461. The van der Waals surface area contributed by atoms with E-state index in [4.69, 9.17) is 0 Å². The maximum atomic E-state index is 12.4. The van der Waals surface area contributed by atoms with E-state index >= 15 is 0 Å². The van der Waals surface area contributed by atoms with Gasteiger partial charge in [-0.25, -0.2) is 4.98 Å². The highest BCUT2D eigenvalue weighted by molar-refractivity contribution is 6.04. The van der Waals surface area contributed by atoms with Crippen LogP contribution in [-0.2, 0) is 0 Å². The van der Waals surface area contributed by atoms with Crippen LogP contribution in [0.15, 0.2) is 54.6 Å². The molecular weight excluding hydrogens is 435 g/mol. The van der Waals surface area contributed by atoms with Gasteiger partial charge in [-0.3, -0.25) is 4.79 Å². The second kappa shape index (κ2) is 10.2. The Labute approximate surface area is 189 Å². The molecule has 0 saturated carbocycles. The van der Waals surface area contributed by atoms with Crippen LogP contribution >= 0.6 is 0 Å². The standard InChI is InChI=1S/C23H24F3N5O2/c1-4-31(5-2)20-13-15(3)27-22(30-20)29-18-11-9-17(10-12-18)28-21(32)16-7-6-8-19(14-16)33-23(24,25)26/h6-14H,4-5H2,1-3H3,(H,28,32)(H,27,29,30). The first-order chi connectivity index (χ1) is 15.7. The van der Waals surface area contributed by atoms with Gasteiger partial charge in [-0.15, -0.1) is 13.2 Å². The van der Waals surface area contributed by atoms with Crippen molar-refractivity contribution in [3.05, 3.63) is 65.9 Å². The Balaban J connectivity index is 1.68. The van der Waals surface area contributed by atoms with E-state index in [0.29, 0.717) is 17.3 Å². The molecule has 7 nitrogen and oxygen atoms in total. The number of nitrogens with zero attached hydrogens (tertiary/aromatic N) is 3. The number of benzene rings is 2. The fourth-order valence-electron chi connectivity index (χ4n) is 3.12. The molecule has 0 aliphatic rings. The molecule has 33 heavy (non-hydrogen) atoms. The Morgan fingerprint density at radius 2 is 1.67 bits per heavy atom. The summed E-state index contributed by atoms with van der Waals surface area (Å²) >= 11 is 0. The number of rotatable bonds is 8. The van der Waals surface area contributed by atoms with Gasteiger partial charge in [-0.2, -0.15) is 4.98 Å². The van der Waals surface area contributed by atoms with Crippen molar-refractivity contribution in [2.75, 3.05) is 28.6 Å². The molecule has 10 heteroatoms. The molecular formula is C23H24F3N5O2. The van der Waals surface area contributed by atoms with Crippen molar-refractivity contribution in [1.82, 2.24) is 9.97 Å². The van der Waals surface area contributed by atoms with E-state index in [-0.39, 0.29) is 5.56 Å². The zero-order chi connectivity index (χ0) is 24.0. The fourth-order valence-corrected chi connectivity index (χ4v) is 3.12. The molecule has 2 aromatic carbocycles. The molecule has 0 saturated heterocycles. The molecule has 3 aromatic rings. The highest BCUT2D eigenvalue weighted by Crippen LogP contribution is 2.24. The average molecular weight is 459 g/mol. The van der Waals surface area contributed by atoms with Gasteiger partial charge in [0, 0.05) is 41.8 Å². The summed E-state index contributed by atoms with van der Waals surface area (Å²) in [5.41, 5.74) is 2.05. The lowest BCUT2D eigenvalue weighted by atomic mass is 10.2. The van der Waals surface area contributed by atoms with Gasteiger partial charge >= 0.3 is 6.36 Å². The van der Waals surface area contributed by atoms with Gasteiger partial charge in [0.2, 0.25) is 5.95 Å². The van der Waals surface area contributed by atoms with Crippen molar-refractivity contribution in [3.8, 4) is 5.75 Å². The third kappa shape index (κ3) is 6.83. The lowest BCUT2D eigenvalue weighted by Crippen LogP contribution is -2.23. The molecule has 0 radical (unpaired) electrons. The first-order valence-electron chi connectivity index (χ1n) is 10.3. The van der Waals surface area contributed by atoms with E-state index in [0.717, 1.165) is 36.7 Å². The number of nitrogens with one attached hydrogen (secondary N) is 2. The molecule has 1 amide bonds. The molecule has 0 spiro atoms. The van der Waals surface area contributed by atoms with E-state index in [9.17, 15) is 18.0 Å². The SMILES string of the molecule is CCN(CC)c1cc(C)nc(Nc2ccc(NC(=O)c3cccc(OC(F)(F)F)c3)cc2)n1. The largest absolute Gasteiger partial charge is 0.573 e. The summed E-state index contributed by atoms with van der Waals surface area (Å²) < 4.78 is 41.0. The summed E-state index contributed by atoms with van der Waals surface area (Å²) in [5.74, 6) is 0.261. The minimum Gasteiger partial charge on any atom is -0.406 e. The van der Waals surface area contributed by atoms with Gasteiger partial charge < -0.3 is 20.3 Å². The highest BCUT2D eigenvalue weighted by atomic mass is 19.4. The van der Waals surface area contributed by atoms with Crippen molar-refractivity contribution in [3.63, 3.8) is 0 Å². The predicted molar refractivity (Wildman–Crippen MR) is 121 cm³/mol. The van der Waals surface area contributed by atoms with Gasteiger partial charge in [0.15, 0.2) is 0 Å². The number of carbonyl (C=O) groups excluding carboxylic acids is 1. The normalized spacial score (nSPS) is 11.1. The Kier molecular flexibility index (Phi) is 7.37. The van der Waals surface area contributed by atoms with Gasteiger partial charge in [-0.05, 0) is 63.2 Å². The lowest BCUT2D eigenvalue weighted by molar-refractivity contribution is -0.274. The van der Waals surface area contributed by atoms with E-state index in [1.54, 1.807) is 24.3 Å². The first kappa shape index (κ1) is 23.8. The van der Waals surface area contributed by atoms with Gasteiger partial charge in [-0.1, -0.05) is 6.07 Å². The number of anilines is 4. The number of aromatic nitrogens is 2. The van der Waals surface area contributed by atoms with Crippen LogP contribution < -0.4 is 20.3 Å². The second-order valence-electron chi connectivity index (χ2n) is 7.10. The number of halogens is 3. The van der Waals surface area contributed by atoms with Crippen LogP contribution in [0.25, 0.3) is 0 Å². The number of ether oxygens (including phenoxy) is 1. The number of aryl methyl sites for hydroxylation is 1. The minimum absolute atomic E-state index is 0.0380. The molecule has 0 fully saturated rings. The maximum Gasteiger partial charge on any atom is 0.573 e. The topological polar surface area (TPSA) is 79.4 Å². The monoisotopic (exact) mass is 459 g/mol. The molecule has 3 rings (SSSR count). The maximum absolute atomic E-state index is 12.4. The number of alkyl halides is 3. The van der Waals surface area contributed by atoms with Crippen molar-refractivity contribution >= 4 is 29.0 Å². The van der Waals surface area contributed by atoms with Crippen LogP contribution in [0.4, 0.5) is 36.3 Å². The second-order valence-corrected chi connectivity index (χ2v) is 7.10. The Morgan fingerprint density at radius 3 is 2.30 bits per heavy atom. The summed E-state index contributed by atoms with van der Waals surface area (Å²) in [6, 6.07) is 13.6. The van der Waals surface area contributed by atoms with Crippen LogP contribution in [0.5, 0.6) is 5.75 Å². The fraction of sp³-hybridized carbons (Fsp3) is 0.261. The summed E-state index contributed by atoms with van der Waals surface area (Å²) in [5, 5.41) is 5.79. The van der Waals surface area contributed by atoms with Gasteiger partial charge in [0.05, 0.1) is 0 Å². The Bertz CT molecular complexity index is 1100. The number of carbonyl (C=O) groups is 1. The van der Waals surface area contributed by atoms with Crippen LogP contribution in [0.2, 0.25) is 0 Å². The van der Waals surface area contributed by atoms with Crippen molar-refractivity contribution in [2.45, 2.75) is 27.1 Å². The third-order valence-corrected chi connectivity index (χ3v) is 4.66. The lowest BCUT2D eigenvalue weighted by Gasteiger charge is -2.20. The zero-order valence-corrected chi connectivity index (χ0v) is 18.4. The summed E-state index contributed by atoms with van der Waals surface area (Å²) in [6.45, 7) is 7.66. The van der Waals surface area contributed by atoms with Crippen molar-refractivity contribution < 1.29 is 22.7 Å². The molecule has 1 heterocycles. The van der Waals surface area contributed by atoms with Crippen LogP contribution in [-0.4, -0.2) is 35.3 Å². The average Bonchev–Trinajstić information content (AvgIpc) is 2.74. The third-order valence-electron chi connectivity index (χ3n) is 4.66. The molecule has 174 valence electrons. The highest BCUT2D eigenvalue weighted by Gasteiger charge is 2.31. The summed E-state index contributed by atoms with van der Waals surface area (Å²) in [7, 11) is 0. The first-order valence-corrected chi connectivity index (χ1v) is 10.3. The van der Waals surface area contributed by atoms with Gasteiger partial charge in [0.1, 0.15) is 11.6 Å². The van der Waals surface area contributed by atoms with E-state index in [1.165, 1.54) is 12.1 Å². The van der Waals surface area contributed by atoms with Crippen molar-refractivity contribution in [2.24, 2.45) is 0 Å². The van der Waals surface area contributed by atoms with E-state index in [1.807, 2.05) is 13.0 Å². The van der Waals surface area contributed by atoms with Crippen LogP contribution in [0, 0.1) is 6.92 Å². The Hall–Kier alpha value is -3.82. The number of amides is 1. The predicted octanol–water partition coefficient (Wildman–Crippen LogP) is 5.53. The van der Waals surface area contributed by atoms with E-state index in [2.05, 4.69) is 44.1 Å². The molecule has 2 N–H and O–H groups in total. The molecule has 0 bridgehead atoms. The molecule has 0 aliphatic heterocycles. The molecule has 1 aromatic heterocycles. The molecule has 0 atom stereocenters. The number of hydrogen-bond acceptors (Lipinski definition) is 6. The van der Waals surface area contributed by atoms with Crippen molar-refractivity contribution in [1.29, 1.82) is 0 Å². The number of hydrogen-bond donors (Lipinski definition) is 2. The summed E-state index contributed by atoms with van der Waals surface area (Å²) in [4.78, 5) is 23.5. The molecule has 0 unspecified atom stereocenters.